The smallest absolute Gasteiger partial charge is 0.217 e. The van der Waals surface area contributed by atoms with Crippen LogP contribution in [0.1, 0.15) is 43.7 Å². The average molecular weight is 231 g/mol. The van der Waals surface area contributed by atoms with Gasteiger partial charge in [-0.05, 0) is 42.4 Å². The predicted molar refractivity (Wildman–Crippen MR) is 72.5 cm³/mol. The van der Waals surface area contributed by atoms with Gasteiger partial charge in [0.15, 0.2) is 0 Å². The van der Waals surface area contributed by atoms with Crippen molar-refractivity contribution in [2.24, 2.45) is 5.73 Å². The molecule has 0 unspecified atom stereocenters. The van der Waals surface area contributed by atoms with Crippen LogP contribution in [0.5, 0.6) is 0 Å². The van der Waals surface area contributed by atoms with Gasteiger partial charge in [0.25, 0.3) is 0 Å². The van der Waals surface area contributed by atoms with E-state index in [1.165, 1.54) is 11.1 Å². The Morgan fingerprint density at radius 1 is 1.18 bits per heavy atom. The number of carbonyl (C=O) groups is 1. The third-order valence-electron chi connectivity index (χ3n) is 2.92. The van der Waals surface area contributed by atoms with E-state index >= 15 is 0 Å². The van der Waals surface area contributed by atoms with Crippen LogP contribution in [-0.4, -0.2) is 5.91 Å². The second-order valence-corrected chi connectivity index (χ2v) is 4.33. The van der Waals surface area contributed by atoms with Crippen molar-refractivity contribution < 1.29 is 4.79 Å². The second-order valence-electron chi connectivity index (χ2n) is 4.33. The summed E-state index contributed by atoms with van der Waals surface area (Å²) in [6.07, 6.45) is 4.28. The van der Waals surface area contributed by atoms with Gasteiger partial charge in [-0.1, -0.05) is 37.8 Å². The van der Waals surface area contributed by atoms with Crippen LogP contribution in [0.2, 0.25) is 0 Å². The highest BCUT2D eigenvalue weighted by Gasteiger charge is 2.00. The second kappa shape index (κ2) is 6.89. The Morgan fingerprint density at radius 2 is 1.76 bits per heavy atom. The molecule has 2 heteroatoms. The molecule has 0 aromatic heterocycles. The number of amides is 1. The zero-order valence-electron chi connectivity index (χ0n) is 10.5. The van der Waals surface area contributed by atoms with E-state index in [0.29, 0.717) is 6.42 Å². The van der Waals surface area contributed by atoms with Gasteiger partial charge in [0.05, 0.1) is 0 Å². The van der Waals surface area contributed by atoms with E-state index in [9.17, 15) is 4.79 Å². The summed E-state index contributed by atoms with van der Waals surface area (Å²) in [6, 6.07) is 8.53. The van der Waals surface area contributed by atoms with Crippen molar-refractivity contribution in [2.75, 3.05) is 0 Å². The molecular formula is C15H21NO. The number of unbranched alkanes of at least 4 members (excludes halogenated alkanes) is 1. The van der Waals surface area contributed by atoms with Crippen LogP contribution in [0.25, 0.3) is 5.57 Å². The van der Waals surface area contributed by atoms with Gasteiger partial charge in [-0.25, -0.2) is 0 Å². The van der Waals surface area contributed by atoms with E-state index in [-0.39, 0.29) is 5.91 Å². The zero-order chi connectivity index (χ0) is 12.7. The number of hydrogen-bond acceptors (Lipinski definition) is 1. The molecular weight excluding hydrogens is 210 g/mol. The van der Waals surface area contributed by atoms with E-state index in [2.05, 4.69) is 37.8 Å². The molecule has 17 heavy (non-hydrogen) atoms. The Balaban J connectivity index is 2.38. The van der Waals surface area contributed by atoms with Gasteiger partial charge in [-0.2, -0.15) is 0 Å². The van der Waals surface area contributed by atoms with Crippen LogP contribution >= 0.6 is 0 Å². The molecule has 2 N–H and O–H groups in total. The molecule has 0 aliphatic heterocycles. The normalized spacial score (nSPS) is 10.2. The summed E-state index contributed by atoms with van der Waals surface area (Å²) in [6.45, 7) is 6.23. The summed E-state index contributed by atoms with van der Waals surface area (Å²) >= 11 is 0. The molecule has 0 fully saturated rings. The van der Waals surface area contributed by atoms with Crippen LogP contribution < -0.4 is 5.73 Å². The van der Waals surface area contributed by atoms with Gasteiger partial charge < -0.3 is 5.73 Å². The number of rotatable bonds is 7. The van der Waals surface area contributed by atoms with Crippen LogP contribution in [0, 0.1) is 0 Å². The van der Waals surface area contributed by atoms with Crippen molar-refractivity contribution in [3.63, 3.8) is 0 Å². The third kappa shape index (κ3) is 4.85. The summed E-state index contributed by atoms with van der Waals surface area (Å²) in [7, 11) is 0. The monoisotopic (exact) mass is 231 g/mol. The molecule has 0 heterocycles. The highest BCUT2D eigenvalue weighted by atomic mass is 16.1. The molecule has 1 aromatic carbocycles. The maximum atomic E-state index is 10.6. The van der Waals surface area contributed by atoms with Gasteiger partial charge in [0, 0.05) is 6.42 Å². The standard InChI is InChI=1S/C15H21NO/c1-3-13-8-10-14(11-9-13)12(2)6-4-5-7-15(16)17/h8-11H,2-7H2,1H3,(H2,16,17). The molecule has 2 nitrogen and oxygen atoms in total. The maximum absolute atomic E-state index is 10.6. The summed E-state index contributed by atoms with van der Waals surface area (Å²) in [5, 5.41) is 0. The minimum absolute atomic E-state index is 0.220. The Hall–Kier alpha value is -1.57. The van der Waals surface area contributed by atoms with Crippen LogP contribution in [0.3, 0.4) is 0 Å². The SMILES string of the molecule is C=C(CCCCC(N)=O)c1ccc(CC)cc1. The minimum atomic E-state index is -0.220. The third-order valence-corrected chi connectivity index (χ3v) is 2.92. The zero-order valence-corrected chi connectivity index (χ0v) is 10.5. The molecule has 92 valence electrons. The number of primary amides is 1. The largest absolute Gasteiger partial charge is 0.370 e. The summed E-state index contributed by atoms with van der Waals surface area (Å²) in [4.78, 5) is 10.6. The Bertz CT molecular complexity index is 378. The Labute approximate surface area is 104 Å². The molecule has 0 radical (unpaired) electrons. The number of hydrogen-bond donors (Lipinski definition) is 1. The molecule has 0 aliphatic rings. The lowest BCUT2D eigenvalue weighted by Crippen LogP contribution is -2.09. The summed E-state index contributed by atoms with van der Waals surface area (Å²) in [5.74, 6) is -0.220. The Morgan fingerprint density at radius 3 is 2.29 bits per heavy atom. The van der Waals surface area contributed by atoms with Crippen molar-refractivity contribution in [1.82, 2.24) is 0 Å². The average Bonchev–Trinajstić information content (AvgIpc) is 2.34. The highest BCUT2D eigenvalue weighted by Crippen LogP contribution is 2.19. The molecule has 0 spiro atoms. The fraction of sp³-hybridized carbons (Fsp3) is 0.400. The Kier molecular flexibility index (Phi) is 5.47. The molecule has 0 atom stereocenters. The number of aryl methyl sites for hydroxylation is 1. The number of allylic oxidation sites excluding steroid dienone is 1. The van der Waals surface area contributed by atoms with E-state index in [1.54, 1.807) is 0 Å². The van der Waals surface area contributed by atoms with Crippen molar-refractivity contribution >= 4 is 11.5 Å². The summed E-state index contributed by atoms with van der Waals surface area (Å²) < 4.78 is 0. The van der Waals surface area contributed by atoms with Crippen molar-refractivity contribution in [1.29, 1.82) is 0 Å². The van der Waals surface area contributed by atoms with Gasteiger partial charge in [0.1, 0.15) is 0 Å². The number of benzene rings is 1. The van der Waals surface area contributed by atoms with E-state index in [0.717, 1.165) is 31.3 Å². The van der Waals surface area contributed by atoms with E-state index in [4.69, 9.17) is 5.73 Å². The van der Waals surface area contributed by atoms with Crippen LogP contribution in [-0.2, 0) is 11.2 Å². The van der Waals surface area contributed by atoms with Crippen LogP contribution in [0.4, 0.5) is 0 Å². The summed E-state index contributed by atoms with van der Waals surface area (Å²) in [5.41, 5.74) is 8.77. The van der Waals surface area contributed by atoms with Crippen molar-refractivity contribution in [3.8, 4) is 0 Å². The maximum Gasteiger partial charge on any atom is 0.217 e. The molecule has 0 aliphatic carbocycles. The van der Waals surface area contributed by atoms with Gasteiger partial charge in [-0.3, -0.25) is 4.79 Å². The first-order valence-electron chi connectivity index (χ1n) is 6.19. The molecule has 0 saturated heterocycles. The van der Waals surface area contributed by atoms with Crippen LogP contribution in [0.15, 0.2) is 30.8 Å². The molecule has 1 rings (SSSR count). The van der Waals surface area contributed by atoms with Crippen molar-refractivity contribution in [3.05, 3.63) is 42.0 Å². The fourth-order valence-electron chi connectivity index (χ4n) is 1.76. The number of carbonyl (C=O) groups excluding carboxylic acids is 1. The molecule has 0 saturated carbocycles. The quantitative estimate of drug-likeness (QED) is 0.719. The lowest BCUT2D eigenvalue weighted by Gasteiger charge is -2.06. The lowest BCUT2D eigenvalue weighted by molar-refractivity contribution is -0.118. The molecule has 0 bridgehead atoms. The highest BCUT2D eigenvalue weighted by molar-refractivity contribution is 5.73. The first-order chi connectivity index (χ1) is 8.13. The minimum Gasteiger partial charge on any atom is -0.370 e. The molecule has 1 amide bonds. The van der Waals surface area contributed by atoms with E-state index < -0.39 is 0 Å². The lowest BCUT2D eigenvalue weighted by atomic mass is 9.99. The van der Waals surface area contributed by atoms with E-state index in [1.807, 2.05) is 0 Å². The first kappa shape index (κ1) is 13.5. The van der Waals surface area contributed by atoms with Crippen molar-refractivity contribution in [2.45, 2.75) is 39.0 Å². The first-order valence-corrected chi connectivity index (χ1v) is 6.19. The molecule has 1 aromatic rings. The van der Waals surface area contributed by atoms with Gasteiger partial charge in [-0.15, -0.1) is 0 Å². The topological polar surface area (TPSA) is 43.1 Å². The fourth-order valence-corrected chi connectivity index (χ4v) is 1.76. The predicted octanol–water partition coefficient (Wildman–Crippen LogP) is 3.31. The number of nitrogens with two attached hydrogens (primary N) is 1. The van der Waals surface area contributed by atoms with Gasteiger partial charge >= 0.3 is 0 Å². The van der Waals surface area contributed by atoms with Gasteiger partial charge in [0.2, 0.25) is 5.91 Å².